The van der Waals surface area contributed by atoms with Gasteiger partial charge in [0.15, 0.2) is 0 Å². The summed E-state index contributed by atoms with van der Waals surface area (Å²) in [6.07, 6.45) is 40.2. The molecule has 1 amide bonds. The maximum atomic E-state index is 13.1. The molecule has 0 spiro atoms. The van der Waals surface area contributed by atoms with Crippen LogP contribution < -0.4 is 5.32 Å². The molecule has 0 aromatic rings. The van der Waals surface area contributed by atoms with Crippen LogP contribution in [0.25, 0.3) is 0 Å². The highest BCUT2D eigenvalue weighted by Crippen LogP contribution is 2.83. The third kappa shape index (κ3) is 17.4. The number of carbonyl (C=O) groups excluding carboxylic acids is 4. The van der Waals surface area contributed by atoms with Crippen LogP contribution in [0, 0.1) is 186 Å². The Labute approximate surface area is 791 Å². The number of aliphatic hydroxyl groups is 2. The number of esters is 3. The Kier molecular flexibility index (Phi) is 33.1. The van der Waals surface area contributed by atoms with Crippen molar-refractivity contribution < 1.29 is 48.3 Å². The minimum atomic E-state index is -0.519. The van der Waals surface area contributed by atoms with Crippen LogP contribution in [0.1, 0.15) is 464 Å². The van der Waals surface area contributed by atoms with Gasteiger partial charge in [-0.15, -0.1) is 0 Å². The lowest BCUT2D eigenvalue weighted by atomic mass is 9.30. The third-order valence-electron chi connectivity index (χ3n) is 46.5. The molecule has 3 N–H and O–H groups in total. The first-order valence-corrected chi connectivity index (χ1v) is 51.4. The third-order valence-corrected chi connectivity index (χ3v) is 46.5. The molecule has 15 aliphatic carbocycles. The smallest absolute Gasteiger partial charge is 0.407 e. The molecule has 30 unspecified atom stereocenters. The first kappa shape index (κ1) is 112. The Balaban J connectivity index is 0.000000258. The number of hydrogen-bond acceptors (Lipinski definition) is 10. The van der Waals surface area contributed by atoms with Gasteiger partial charge in [-0.05, 0) is 432 Å². The largest absolute Gasteiger partial charge is 0.465 e. The van der Waals surface area contributed by atoms with Gasteiger partial charge in [-0.3, -0.25) is 14.4 Å². The van der Waals surface area contributed by atoms with Crippen molar-refractivity contribution in [1.82, 2.24) is 5.32 Å². The Morgan fingerprint density at radius 2 is 0.742 bits per heavy atom. The van der Waals surface area contributed by atoms with Gasteiger partial charge in [-0.1, -0.05) is 214 Å². The lowest BCUT2D eigenvalue weighted by molar-refractivity contribution is -0.264. The van der Waals surface area contributed by atoms with Gasteiger partial charge in [0.05, 0.1) is 48.2 Å². The molecule has 744 valence electrons. The molecular formula is C117H211NO10. The lowest BCUT2D eigenvalue weighted by Gasteiger charge is -2.75. The molecule has 11 nitrogen and oxygen atoms in total. The quantitative estimate of drug-likeness (QED) is 0.0588. The van der Waals surface area contributed by atoms with Crippen LogP contribution >= 0.6 is 0 Å². The van der Waals surface area contributed by atoms with E-state index in [0.717, 1.165) is 81.5 Å². The van der Waals surface area contributed by atoms with Crippen LogP contribution in [0.15, 0.2) is 24.3 Å². The number of hydrogen-bond donors (Lipinski definition) is 3. The monoisotopic (exact) mass is 1790 g/mol. The van der Waals surface area contributed by atoms with Crippen LogP contribution in [0.5, 0.6) is 0 Å². The van der Waals surface area contributed by atoms with Crippen molar-refractivity contribution >= 4 is 24.0 Å². The molecular weight excluding hydrogens is 1580 g/mol. The van der Waals surface area contributed by atoms with Gasteiger partial charge in [0.25, 0.3) is 0 Å². The number of ether oxygens (including phenoxy) is 4. The van der Waals surface area contributed by atoms with E-state index in [4.69, 9.17) is 18.9 Å². The zero-order valence-electron chi connectivity index (χ0n) is 84.3. The van der Waals surface area contributed by atoms with Crippen LogP contribution in [-0.2, 0) is 33.3 Å². The predicted molar refractivity (Wildman–Crippen MR) is 538 cm³/mol. The topological polar surface area (TPSA) is 158 Å². The van der Waals surface area contributed by atoms with Crippen molar-refractivity contribution in [3.63, 3.8) is 0 Å². The van der Waals surface area contributed by atoms with E-state index < -0.39 is 16.9 Å². The van der Waals surface area contributed by atoms with E-state index in [0.29, 0.717) is 122 Å². The Bertz CT molecular complexity index is 3880. The van der Waals surface area contributed by atoms with Crippen molar-refractivity contribution in [3.05, 3.63) is 24.3 Å². The average molecular weight is 1790 g/mol. The van der Waals surface area contributed by atoms with Crippen LogP contribution in [0.3, 0.4) is 0 Å². The molecule has 0 aromatic heterocycles. The second-order valence-corrected chi connectivity index (χ2v) is 53.7. The Morgan fingerprint density at radius 1 is 0.375 bits per heavy atom. The summed E-state index contributed by atoms with van der Waals surface area (Å²) in [5.74, 6) is 8.51. The normalized spacial score (nSPS) is 45.7. The molecule has 30 atom stereocenters. The molecule has 0 bridgehead atoms. The number of carbonyl (C=O) groups is 4. The molecule has 0 heterocycles. The Morgan fingerprint density at radius 3 is 1.20 bits per heavy atom. The maximum absolute atomic E-state index is 13.1. The summed E-state index contributed by atoms with van der Waals surface area (Å²) in [7, 11) is 0. The number of amides is 1. The van der Waals surface area contributed by atoms with Crippen molar-refractivity contribution in [2.45, 2.75) is 482 Å². The molecule has 15 rings (SSSR count). The van der Waals surface area contributed by atoms with E-state index in [-0.39, 0.29) is 143 Å². The van der Waals surface area contributed by atoms with Crippen LogP contribution in [0.2, 0.25) is 0 Å². The van der Waals surface area contributed by atoms with Crippen molar-refractivity contribution in [2.24, 2.45) is 186 Å². The summed E-state index contributed by atoms with van der Waals surface area (Å²) in [5, 5.41) is 24.9. The van der Waals surface area contributed by atoms with E-state index in [9.17, 15) is 29.4 Å². The fourth-order valence-corrected chi connectivity index (χ4v) is 36.4. The summed E-state index contributed by atoms with van der Waals surface area (Å²) in [6, 6.07) is 0. The number of allylic oxidation sites excluding steroid dienone is 2. The second-order valence-electron chi connectivity index (χ2n) is 53.7. The molecule has 15 saturated carbocycles. The zero-order chi connectivity index (χ0) is 90.2. The van der Waals surface area contributed by atoms with E-state index in [1.54, 1.807) is 0 Å². The molecule has 0 aromatic carbocycles. The van der Waals surface area contributed by atoms with Crippen LogP contribution in [-0.4, -0.2) is 78.9 Å². The van der Waals surface area contributed by atoms with Crippen molar-refractivity contribution in [3.8, 4) is 0 Å². The second kappa shape index (κ2) is 37.8. The van der Waals surface area contributed by atoms with Gasteiger partial charge < -0.3 is 34.5 Å². The SMILES string of the molecule is C.C.C.C.C.C.C=C(C)C1CCC2(COC(=O)C(C)(C)CC)CCC3(C)C(CCC4C5(C)CCC(O)C(C)(C)C5CCC43C)C12.C=C(C)C1CCC2(COC(=O)NCCOC(=O)C(C)(C)CC)CCC3(C)C(CCC4C5(C)CCC(O)C(C)(C)C5CCC43C)C12.CCC(C)(C)C(=O)OC1CCC2C(C)(CCC3C2(C)CCC2(C)C4CC(C)(C)CCC4(C)CCC32C)C1C. The number of fused-ring (bicyclic) bond motifs is 21. The first-order chi connectivity index (χ1) is 56.3. The fourth-order valence-electron chi connectivity index (χ4n) is 36.4. The summed E-state index contributed by atoms with van der Waals surface area (Å²) >= 11 is 0. The number of nitrogens with one attached hydrogen (secondary N) is 1. The maximum Gasteiger partial charge on any atom is 0.407 e. The van der Waals surface area contributed by atoms with Gasteiger partial charge >= 0.3 is 24.0 Å². The molecule has 15 aliphatic rings. The van der Waals surface area contributed by atoms with Gasteiger partial charge in [-0.2, -0.15) is 0 Å². The fraction of sp³-hybridized carbons (Fsp3) is 0.932. The molecule has 128 heavy (non-hydrogen) atoms. The van der Waals surface area contributed by atoms with Gasteiger partial charge in [0.2, 0.25) is 0 Å². The van der Waals surface area contributed by atoms with Crippen LogP contribution in [0.4, 0.5) is 4.79 Å². The summed E-state index contributed by atoms with van der Waals surface area (Å²) in [4.78, 5) is 51.4. The van der Waals surface area contributed by atoms with E-state index >= 15 is 0 Å². The Hall–Kier alpha value is -2.92. The minimum Gasteiger partial charge on any atom is -0.465 e. The van der Waals surface area contributed by atoms with Crippen molar-refractivity contribution in [2.75, 3.05) is 26.4 Å². The predicted octanol–water partition coefficient (Wildman–Crippen LogP) is 31.7. The highest BCUT2D eigenvalue weighted by atomic mass is 16.6. The highest BCUT2D eigenvalue weighted by Gasteiger charge is 2.76. The van der Waals surface area contributed by atoms with E-state index in [1.165, 1.54) is 165 Å². The lowest BCUT2D eigenvalue weighted by Crippen LogP contribution is -2.68. The number of rotatable bonds is 16. The molecule has 0 aliphatic heterocycles. The van der Waals surface area contributed by atoms with E-state index in [2.05, 4.69) is 171 Å². The minimum absolute atomic E-state index is 0. The average Bonchev–Trinajstić information content (AvgIpc) is 0.868. The molecule has 0 radical (unpaired) electrons. The van der Waals surface area contributed by atoms with Gasteiger partial charge in [-0.25, -0.2) is 4.79 Å². The zero-order valence-corrected chi connectivity index (χ0v) is 84.3. The van der Waals surface area contributed by atoms with Crippen molar-refractivity contribution in [1.29, 1.82) is 0 Å². The first-order valence-electron chi connectivity index (χ1n) is 51.4. The number of aliphatic hydroxyl groups excluding tert-OH is 2. The van der Waals surface area contributed by atoms with E-state index in [1.807, 2.05) is 48.5 Å². The van der Waals surface area contributed by atoms with Gasteiger partial charge in [0.1, 0.15) is 12.7 Å². The van der Waals surface area contributed by atoms with Gasteiger partial charge in [0, 0.05) is 10.8 Å². The summed E-state index contributed by atoms with van der Waals surface area (Å²) in [6.45, 7) is 79.3. The summed E-state index contributed by atoms with van der Waals surface area (Å²) in [5.41, 5.74) is 5.68. The molecule has 11 heteroatoms. The summed E-state index contributed by atoms with van der Waals surface area (Å²) < 4.78 is 24.0. The highest BCUT2D eigenvalue weighted by molar-refractivity contribution is 5.77. The molecule has 15 fully saturated rings. The molecule has 0 saturated heterocycles. The standard InChI is InChI=1S/C39H65NO5.C36H60O3.C36H62O2.6CH4/c1-11-34(4,5)32(42)44-23-22-40-33(43)45-24-39-19-14-26(25(2)3)31(39)27-12-13-29-36(8)17-16-30(41)35(6,7)28(36)15-18-38(29,10)37(27,9)20-21-39;1-11-31(4,5)30(38)39-22-36-19-14-24(23(2)3)29(36)25-12-13-27-33(8)17-16-28(37)32(6,7)26(33)15-18-35(27,10)34(25,9)20-21-36;1-12-31(5,6)29(37)38-25-13-14-26-33(8,24(25)2)16-15-27-34(26,9)20-22-36(11)28-23-30(3,4)17-18-32(28,7)19-21-35(27,36)10;;;;;;/h26-31,41H,2,11-24H2,1,3-10H3,(H,40,43);24-29,37H,2,11-22H2,1,3-10H3;24-28H,12-23H2,1-11H3;6*1H4. The number of alkyl carbamates (subject to hydrolysis) is 1.